The smallest absolute Gasteiger partial charge is 0.315 e. The van der Waals surface area contributed by atoms with Crippen LogP contribution in [0.2, 0.25) is 0 Å². The van der Waals surface area contributed by atoms with Crippen molar-refractivity contribution < 1.29 is 50.5 Å². The second kappa shape index (κ2) is 21.1. The Morgan fingerprint density at radius 3 is 2.33 bits per heavy atom. The predicted octanol–water partition coefficient (Wildman–Crippen LogP) is 7.57. The zero-order valence-electron chi connectivity index (χ0n) is 34.7. The van der Waals surface area contributed by atoms with Gasteiger partial charge in [-0.2, -0.15) is 9.36 Å². The van der Waals surface area contributed by atoms with Gasteiger partial charge in [0.2, 0.25) is 15.2 Å². The molecule has 0 aliphatic rings. The van der Waals surface area contributed by atoms with Crippen molar-refractivity contribution in [2.45, 2.75) is 52.7 Å². The molecule has 4 aromatic rings. The Bertz CT molecular complexity index is 2430. The first-order valence-electron chi connectivity index (χ1n) is 18.6. The normalized spacial score (nSPS) is 13.0. The first kappa shape index (κ1) is 48.5. The second-order valence-corrected chi connectivity index (χ2v) is 20.1. The molecule has 0 saturated carbocycles. The zero-order valence-corrected chi connectivity index (χ0v) is 37.9. The van der Waals surface area contributed by atoms with Gasteiger partial charge in [0, 0.05) is 34.1 Å². The summed E-state index contributed by atoms with van der Waals surface area (Å²) in [4.78, 5) is 42.6. The number of nitrogens with zero attached hydrogens (tertiary/aromatic N) is 4. The van der Waals surface area contributed by atoms with Gasteiger partial charge in [0.15, 0.2) is 22.4 Å². The van der Waals surface area contributed by atoms with Crippen LogP contribution in [0.15, 0.2) is 70.9 Å². The molecule has 0 aliphatic heterocycles. The summed E-state index contributed by atoms with van der Waals surface area (Å²) in [6.07, 6.45) is 1.05. The molecule has 0 bridgehead atoms. The highest BCUT2D eigenvalue weighted by Crippen LogP contribution is 2.41. The average Bonchev–Trinajstić information content (AvgIpc) is 3.63. The summed E-state index contributed by atoms with van der Waals surface area (Å²) in [5.41, 5.74) is 1.02. The van der Waals surface area contributed by atoms with Gasteiger partial charge in [0.25, 0.3) is 5.91 Å². The molecular weight excluding hydrogens is 871 g/mol. The van der Waals surface area contributed by atoms with Gasteiger partial charge >= 0.3 is 11.9 Å². The number of ether oxygens (including phenoxy) is 4. The first-order chi connectivity index (χ1) is 28.5. The second-order valence-electron chi connectivity index (χ2n) is 15.1. The van der Waals surface area contributed by atoms with E-state index in [9.17, 15) is 31.6 Å². The number of thioether (sulfide) groups is 1. The van der Waals surface area contributed by atoms with Crippen LogP contribution in [0.5, 0.6) is 11.5 Å². The van der Waals surface area contributed by atoms with E-state index in [2.05, 4.69) is 29.6 Å². The predicted molar refractivity (Wildman–Crippen MR) is 235 cm³/mol. The number of azo groups is 1. The van der Waals surface area contributed by atoms with Crippen molar-refractivity contribution in [2.24, 2.45) is 15.6 Å². The largest absolute Gasteiger partial charge is 0.488 e. The van der Waals surface area contributed by atoms with Crippen LogP contribution in [0.1, 0.15) is 52.7 Å². The quantitative estimate of drug-likeness (QED) is 0.0357. The molecule has 22 heteroatoms. The number of hydrogen-bond acceptors (Lipinski definition) is 17. The summed E-state index contributed by atoms with van der Waals surface area (Å²) >= 11 is 2.24. The highest BCUT2D eigenvalue weighted by Gasteiger charge is 2.30. The number of anilines is 2. The van der Waals surface area contributed by atoms with Crippen LogP contribution in [-0.2, 0) is 55.1 Å². The highest BCUT2D eigenvalue weighted by atomic mass is 32.2. The molecule has 18 nitrogen and oxygen atoms in total. The van der Waals surface area contributed by atoms with Crippen LogP contribution >= 0.6 is 23.3 Å². The standard InChI is InChI=1S/C39H49N7O11S4/c1-8-54-33(48)22-58-24-39(5,6)36(49)56-17-16-55-34-30(38(2,3)4)19-28(20-31(34)41-32(47)21-57-29-14-12-25(13-15-29)23-61(40,52)53)43-44-37-42-35(45-59-37)26-10-9-11-27(18-26)46-60(7,50)51/h9-15,18-20,46H,8,16-17,21-24H2,1-7H3,(H,41,47)(H2,40,52,53)/b44-43+. The van der Waals surface area contributed by atoms with Gasteiger partial charge in [-0.1, -0.05) is 45.0 Å². The van der Waals surface area contributed by atoms with E-state index in [-0.39, 0.29) is 53.9 Å². The van der Waals surface area contributed by atoms with Gasteiger partial charge < -0.3 is 28.8 Å². The summed E-state index contributed by atoms with van der Waals surface area (Å²) < 4.78 is 80.7. The number of carbonyl (C=O) groups is 3. The van der Waals surface area contributed by atoms with Gasteiger partial charge in [-0.25, -0.2) is 17.4 Å². The van der Waals surface area contributed by atoms with Crippen LogP contribution in [0, 0.1) is 10.2 Å². The molecule has 0 saturated heterocycles. The van der Waals surface area contributed by atoms with E-state index in [1.54, 1.807) is 57.2 Å². The maximum absolute atomic E-state index is 13.4. The Morgan fingerprint density at radius 1 is 0.951 bits per heavy atom. The Morgan fingerprint density at radius 2 is 1.67 bits per heavy atom. The van der Waals surface area contributed by atoms with E-state index in [0.717, 1.165) is 17.8 Å². The van der Waals surface area contributed by atoms with Crippen molar-refractivity contribution in [1.29, 1.82) is 4.78 Å². The fraction of sp³-hybridized carbons (Fsp3) is 0.410. The lowest BCUT2D eigenvalue weighted by molar-refractivity contribution is -0.153. The zero-order chi connectivity index (χ0) is 45.0. The Balaban J connectivity index is 1.56. The minimum absolute atomic E-state index is 0.0829. The molecule has 4 N–H and O–H groups in total. The Hall–Kier alpha value is -5.16. The van der Waals surface area contributed by atoms with Gasteiger partial charge in [-0.3, -0.25) is 19.1 Å². The average molecular weight is 920 g/mol. The Kier molecular flexibility index (Phi) is 16.8. The Labute approximate surface area is 363 Å². The van der Waals surface area contributed by atoms with Gasteiger partial charge in [0.05, 0.1) is 41.2 Å². The monoisotopic (exact) mass is 919 g/mol. The van der Waals surface area contributed by atoms with E-state index in [1.165, 1.54) is 36.0 Å². The summed E-state index contributed by atoms with van der Waals surface area (Å²) in [5.74, 6) is -0.444. The molecule has 1 atom stereocenters. The summed E-state index contributed by atoms with van der Waals surface area (Å²) in [7, 11) is -7.23. The molecule has 1 heterocycles. The number of carbonyl (C=O) groups excluding carboxylic acids is 3. The summed E-state index contributed by atoms with van der Waals surface area (Å²) in [6.45, 7) is 10.6. The van der Waals surface area contributed by atoms with Crippen molar-refractivity contribution in [2.75, 3.05) is 54.2 Å². The number of hydrogen-bond donors (Lipinski definition) is 4. The number of aromatic nitrogens is 2. The molecule has 61 heavy (non-hydrogen) atoms. The first-order valence-corrected chi connectivity index (χ1v) is 24.1. The lowest BCUT2D eigenvalue weighted by atomic mass is 9.85. The number of esters is 2. The van der Waals surface area contributed by atoms with Crippen molar-refractivity contribution in [3.63, 3.8) is 0 Å². The number of sulfonamides is 1. The van der Waals surface area contributed by atoms with E-state index < -0.39 is 49.3 Å². The van der Waals surface area contributed by atoms with E-state index in [1.807, 2.05) is 20.8 Å². The highest BCUT2D eigenvalue weighted by molar-refractivity contribution is 8.00. The molecule has 0 spiro atoms. The summed E-state index contributed by atoms with van der Waals surface area (Å²) in [5, 5.41) is 11.7. The lowest BCUT2D eigenvalue weighted by Crippen LogP contribution is -2.31. The number of rotatable bonds is 21. The van der Waals surface area contributed by atoms with Gasteiger partial charge in [0.1, 0.15) is 24.7 Å². The topological polar surface area (TPSA) is 258 Å². The van der Waals surface area contributed by atoms with Crippen LogP contribution < -0.4 is 19.5 Å². The van der Waals surface area contributed by atoms with Crippen molar-refractivity contribution in [3.05, 3.63) is 71.8 Å². The molecule has 0 fully saturated rings. The maximum Gasteiger partial charge on any atom is 0.315 e. The fourth-order valence-electron chi connectivity index (χ4n) is 5.25. The summed E-state index contributed by atoms with van der Waals surface area (Å²) in [6, 6.07) is 16.0. The third-order valence-electron chi connectivity index (χ3n) is 8.01. The third-order valence-corrected chi connectivity index (χ3v) is 11.3. The minimum Gasteiger partial charge on any atom is -0.488 e. The van der Waals surface area contributed by atoms with Crippen molar-refractivity contribution >= 4 is 83.4 Å². The molecule has 3 aromatic carbocycles. The van der Waals surface area contributed by atoms with Crippen molar-refractivity contribution in [3.8, 4) is 22.9 Å². The fourth-order valence-corrected chi connectivity index (χ4v) is 7.95. The van der Waals surface area contributed by atoms with Gasteiger partial charge in [-0.15, -0.1) is 22.0 Å². The molecule has 4 rings (SSSR count). The number of benzene rings is 3. The van der Waals surface area contributed by atoms with Gasteiger partial charge in [-0.05, 0) is 68.1 Å². The van der Waals surface area contributed by atoms with E-state index in [0.29, 0.717) is 45.4 Å². The number of nitrogens with one attached hydrogen (secondary N) is 3. The molecule has 1 amide bonds. The molecule has 1 unspecified atom stereocenters. The van der Waals surface area contributed by atoms with Crippen molar-refractivity contribution in [1.82, 2.24) is 9.36 Å². The van der Waals surface area contributed by atoms with Crippen LogP contribution in [0.25, 0.3) is 11.4 Å². The van der Waals surface area contributed by atoms with E-state index in [4.69, 9.17) is 23.7 Å². The SMILES string of the molecule is CCOC(=O)CSCC(C)(C)C(=O)OCCOc1c(NC(=O)COc2ccc(CS(=N)(=O)O)cc2)cc(/N=N/c2nc(-c3cccc(NS(C)(=O)=O)c3)ns2)cc1C(C)(C)C. The van der Waals surface area contributed by atoms with Crippen LogP contribution in [-0.4, -0.2) is 88.6 Å². The third kappa shape index (κ3) is 16.3. The van der Waals surface area contributed by atoms with E-state index >= 15 is 0 Å². The molecule has 0 aliphatic carbocycles. The minimum atomic E-state index is -3.73. The maximum atomic E-state index is 13.4. The van der Waals surface area contributed by atoms with Crippen LogP contribution in [0.4, 0.5) is 22.2 Å². The molecule has 1 aromatic heterocycles. The number of amides is 1. The molecular formula is C39H49N7O11S4. The molecule has 0 radical (unpaired) electrons. The molecule has 330 valence electrons. The van der Waals surface area contributed by atoms with Crippen LogP contribution in [0.3, 0.4) is 0 Å². The lowest BCUT2D eigenvalue weighted by Gasteiger charge is -2.26.